The zero-order chi connectivity index (χ0) is 16.7. The Balaban J connectivity index is 2.56. The van der Waals surface area contributed by atoms with E-state index in [-0.39, 0.29) is 19.6 Å². The minimum Gasteiger partial charge on any atom is -0.459 e. The van der Waals surface area contributed by atoms with Crippen LogP contribution in [0, 0.1) is 5.92 Å². The highest BCUT2D eigenvalue weighted by Crippen LogP contribution is 2.45. The van der Waals surface area contributed by atoms with Gasteiger partial charge in [0.15, 0.2) is 0 Å². The van der Waals surface area contributed by atoms with Crippen molar-refractivity contribution in [1.82, 2.24) is 0 Å². The predicted octanol–water partition coefficient (Wildman–Crippen LogP) is 2.73. The van der Waals surface area contributed by atoms with Crippen LogP contribution < -0.4 is 0 Å². The summed E-state index contributed by atoms with van der Waals surface area (Å²) in [4.78, 5) is 11.5. The molecule has 1 unspecified atom stereocenters. The molecule has 0 amide bonds. The van der Waals surface area contributed by atoms with E-state index in [2.05, 4.69) is 4.74 Å². The predicted molar refractivity (Wildman–Crippen MR) is 58.5 cm³/mol. The molecule has 0 saturated carbocycles. The molecule has 126 valence electrons. The summed E-state index contributed by atoms with van der Waals surface area (Å²) in [6.45, 7) is 1.26. The minimum atomic E-state index is -5.46. The number of rotatable bonds is 3. The van der Waals surface area contributed by atoms with Crippen molar-refractivity contribution in [2.24, 2.45) is 5.92 Å². The van der Waals surface area contributed by atoms with Crippen LogP contribution in [0.25, 0.3) is 0 Å². The number of fused-ring (bicyclic) bond motifs is 1. The molecular weight excluding hydrogens is 322 g/mol. The number of allylic oxidation sites excluding steroid dienone is 1. The lowest BCUT2D eigenvalue weighted by molar-refractivity contribution is -0.209. The first-order valence-corrected chi connectivity index (χ1v) is 6.40. The van der Waals surface area contributed by atoms with Crippen molar-refractivity contribution in [3.8, 4) is 0 Å². The molecule has 0 N–H and O–H groups in total. The highest BCUT2D eigenvalue weighted by atomic mass is 19.4. The average Bonchev–Trinajstić information content (AvgIpc) is 2.83. The maximum absolute atomic E-state index is 13.0. The Bertz CT molecular complexity index is 481. The number of ether oxygens (including phenoxy) is 3. The quantitative estimate of drug-likeness (QED) is 0.745. The van der Waals surface area contributed by atoms with Crippen LogP contribution in [-0.2, 0) is 19.0 Å². The summed E-state index contributed by atoms with van der Waals surface area (Å²) >= 11 is 0. The molecule has 0 bridgehead atoms. The van der Waals surface area contributed by atoms with Crippen molar-refractivity contribution in [2.75, 3.05) is 13.2 Å². The Morgan fingerprint density at radius 1 is 1.27 bits per heavy atom. The van der Waals surface area contributed by atoms with Crippen molar-refractivity contribution in [3.63, 3.8) is 0 Å². The first-order chi connectivity index (χ1) is 10.1. The third-order valence-corrected chi connectivity index (χ3v) is 3.34. The molecule has 0 aromatic rings. The van der Waals surface area contributed by atoms with Crippen LogP contribution in [0.4, 0.5) is 26.3 Å². The van der Waals surface area contributed by atoms with Gasteiger partial charge in [0.05, 0.1) is 24.2 Å². The fraction of sp³-hybridized carbons (Fsp3) is 0.750. The summed E-state index contributed by atoms with van der Waals surface area (Å²) < 4.78 is 91.4. The van der Waals surface area contributed by atoms with Crippen LogP contribution in [0.1, 0.15) is 13.3 Å². The zero-order valence-corrected chi connectivity index (χ0v) is 11.3. The number of carbonyl (C=O) groups excluding carboxylic acids is 1. The number of alkyl halides is 6. The van der Waals surface area contributed by atoms with Crippen LogP contribution >= 0.6 is 0 Å². The lowest BCUT2D eigenvalue weighted by atomic mass is 9.87. The van der Waals surface area contributed by atoms with E-state index in [0.29, 0.717) is 0 Å². The smallest absolute Gasteiger partial charge is 0.454 e. The fourth-order valence-corrected chi connectivity index (χ4v) is 2.51. The summed E-state index contributed by atoms with van der Waals surface area (Å²) in [6.07, 6.45) is -13.6. The Kier molecular flexibility index (Phi) is 4.44. The van der Waals surface area contributed by atoms with Gasteiger partial charge in [0.25, 0.3) is 5.78 Å². The summed E-state index contributed by atoms with van der Waals surface area (Å²) in [5, 5.41) is 0. The molecule has 3 atom stereocenters. The summed E-state index contributed by atoms with van der Waals surface area (Å²) in [5.41, 5.74) is -1.53. The van der Waals surface area contributed by atoms with E-state index in [1.807, 2.05) is 0 Å². The van der Waals surface area contributed by atoms with Crippen LogP contribution in [0.2, 0.25) is 0 Å². The van der Waals surface area contributed by atoms with Crippen molar-refractivity contribution < 1.29 is 45.3 Å². The molecule has 22 heavy (non-hydrogen) atoms. The molecule has 1 saturated heterocycles. The highest BCUT2D eigenvalue weighted by Gasteiger charge is 2.57. The van der Waals surface area contributed by atoms with Gasteiger partial charge in [0.1, 0.15) is 0 Å². The van der Waals surface area contributed by atoms with E-state index >= 15 is 0 Å². The molecule has 0 aromatic heterocycles. The SMILES string of the molecule is CCO[C@@H]1C(C(=O)C(F)(F)F)=C(C(F)(F)F)O[C@@H]2OCCC21. The third kappa shape index (κ3) is 3.07. The second-order valence-electron chi connectivity index (χ2n) is 4.75. The van der Waals surface area contributed by atoms with E-state index in [0.717, 1.165) is 0 Å². The van der Waals surface area contributed by atoms with Gasteiger partial charge in [-0.2, -0.15) is 26.3 Å². The van der Waals surface area contributed by atoms with Crippen LogP contribution in [0.5, 0.6) is 0 Å². The van der Waals surface area contributed by atoms with Gasteiger partial charge in [0.2, 0.25) is 12.0 Å². The van der Waals surface area contributed by atoms with Gasteiger partial charge < -0.3 is 14.2 Å². The van der Waals surface area contributed by atoms with Gasteiger partial charge in [0, 0.05) is 6.61 Å². The number of ketones is 1. The van der Waals surface area contributed by atoms with Gasteiger partial charge in [-0.05, 0) is 13.3 Å². The molecule has 4 nitrogen and oxygen atoms in total. The zero-order valence-electron chi connectivity index (χ0n) is 11.3. The average molecular weight is 334 g/mol. The molecule has 1 fully saturated rings. The van der Waals surface area contributed by atoms with Crippen molar-refractivity contribution >= 4 is 5.78 Å². The van der Waals surface area contributed by atoms with E-state index in [1.165, 1.54) is 6.92 Å². The van der Waals surface area contributed by atoms with E-state index < -0.39 is 47.8 Å². The first kappa shape index (κ1) is 17.1. The monoisotopic (exact) mass is 334 g/mol. The van der Waals surface area contributed by atoms with Gasteiger partial charge in [-0.25, -0.2) is 0 Å². The Morgan fingerprint density at radius 3 is 2.41 bits per heavy atom. The molecule has 0 aromatic carbocycles. The standard InChI is InChI=1S/C12H12F6O4/c1-2-20-7-5-3-4-21-10(5)22-9(12(16,17)18)6(7)8(19)11(13,14)15/h5,7,10H,2-4H2,1H3/t5?,7-,10-/m0/s1. The van der Waals surface area contributed by atoms with Gasteiger partial charge in [-0.15, -0.1) is 0 Å². The minimum absolute atomic E-state index is 0.0114. The number of carbonyl (C=O) groups is 1. The molecule has 2 rings (SSSR count). The normalized spacial score (nSPS) is 29.3. The number of halogens is 6. The highest BCUT2D eigenvalue weighted by molar-refractivity contribution is 6.01. The third-order valence-electron chi connectivity index (χ3n) is 3.34. The summed E-state index contributed by atoms with van der Waals surface area (Å²) in [6, 6.07) is 0. The molecule has 0 radical (unpaired) electrons. The van der Waals surface area contributed by atoms with Crippen LogP contribution in [0.3, 0.4) is 0 Å². The molecule has 2 aliphatic heterocycles. The lowest BCUT2D eigenvalue weighted by Gasteiger charge is -2.36. The maximum atomic E-state index is 13.0. The van der Waals surface area contributed by atoms with Crippen molar-refractivity contribution in [1.29, 1.82) is 0 Å². The van der Waals surface area contributed by atoms with Crippen LogP contribution in [-0.4, -0.2) is 43.7 Å². The molecule has 0 aliphatic carbocycles. The molecule has 0 spiro atoms. The Labute approximate surface area is 121 Å². The summed E-state index contributed by atoms with van der Waals surface area (Å²) in [5.74, 6) is -5.49. The van der Waals surface area contributed by atoms with Crippen molar-refractivity contribution in [3.05, 3.63) is 11.3 Å². The van der Waals surface area contributed by atoms with Gasteiger partial charge in [-0.1, -0.05) is 0 Å². The fourth-order valence-electron chi connectivity index (χ4n) is 2.51. The van der Waals surface area contributed by atoms with Gasteiger partial charge in [-0.3, -0.25) is 4.79 Å². The number of hydrogen-bond acceptors (Lipinski definition) is 4. The molecule has 10 heteroatoms. The number of Topliss-reactive ketones (excluding diaryl/α,β-unsaturated/α-hetero) is 1. The summed E-state index contributed by atoms with van der Waals surface area (Å²) in [7, 11) is 0. The molecule has 2 aliphatic rings. The second-order valence-corrected chi connectivity index (χ2v) is 4.75. The maximum Gasteiger partial charge on any atom is 0.454 e. The lowest BCUT2D eigenvalue weighted by Crippen LogP contribution is -2.46. The first-order valence-electron chi connectivity index (χ1n) is 6.40. The van der Waals surface area contributed by atoms with E-state index in [4.69, 9.17) is 9.47 Å². The van der Waals surface area contributed by atoms with Gasteiger partial charge >= 0.3 is 12.4 Å². The van der Waals surface area contributed by atoms with E-state index in [1.54, 1.807) is 0 Å². The van der Waals surface area contributed by atoms with E-state index in [9.17, 15) is 31.1 Å². The largest absolute Gasteiger partial charge is 0.459 e. The van der Waals surface area contributed by atoms with Crippen molar-refractivity contribution in [2.45, 2.75) is 38.1 Å². The second kappa shape index (κ2) is 5.73. The Morgan fingerprint density at radius 2 is 1.91 bits per heavy atom. The topological polar surface area (TPSA) is 44.8 Å². The number of hydrogen-bond donors (Lipinski definition) is 0. The molecule has 2 heterocycles. The molecular formula is C12H12F6O4. The Hall–Kier alpha value is -1.29. The van der Waals surface area contributed by atoms with Crippen LogP contribution in [0.15, 0.2) is 11.3 Å².